The van der Waals surface area contributed by atoms with Gasteiger partial charge in [0.05, 0.1) is 6.42 Å². The van der Waals surface area contributed by atoms with Gasteiger partial charge in [-0.25, -0.2) is 0 Å². The van der Waals surface area contributed by atoms with Crippen LogP contribution in [0.2, 0.25) is 0 Å². The van der Waals surface area contributed by atoms with E-state index in [2.05, 4.69) is 19.1 Å². The van der Waals surface area contributed by atoms with Gasteiger partial charge in [0.1, 0.15) is 6.10 Å². The summed E-state index contributed by atoms with van der Waals surface area (Å²) in [4.78, 5) is 11.2. The summed E-state index contributed by atoms with van der Waals surface area (Å²) >= 11 is 0. The van der Waals surface area contributed by atoms with Gasteiger partial charge in [-0.3, -0.25) is 4.79 Å². The van der Waals surface area contributed by atoms with E-state index in [-0.39, 0.29) is 18.0 Å². The largest absolute Gasteiger partial charge is 0.462 e. The molecule has 2 rings (SSSR count). The zero-order valence-electron chi connectivity index (χ0n) is 8.27. The molecular weight excluding hydrogens is 176 g/mol. The molecule has 1 aliphatic rings. The summed E-state index contributed by atoms with van der Waals surface area (Å²) in [5.41, 5.74) is 1.21. The highest BCUT2D eigenvalue weighted by Gasteiger charge is 2.34. The van der Waals surface area contributed by atoms with Crippen LogP contribution >= 0.6 is 0 Å². The first kappa shape index (κ1) is 9.25. The van der Waals surface area contributed by atoms with Crippen LogP contribution in [0.1, 0.15) is 31.2 Å². The van der Waals surface area contributed by atoms with Crippen LogP contribution in [0.5, 0.6) is 0 Å². The zero-order chi connectivity index (χ0) is 9.97. The van der Waals surface area contributed by atoms with Crippen LogP contribution in [-0.4, -0.2) is 12.1 Å². The first-order chi connectivity index (χ1) is 6.81. The standard InChI is InChI=1S/C12H14O2/c1-2-11-10(8-12(13)14-11)9-6-4-3-5-7-9/h3-7,10-11H,2,8H2,1H3/t10-,11+/m0/s1. The van der Waals surface area contributed by atoms with E-state index in [4.69, 9.17) is 4.74 Å². The van der Waals surface area contributed by atoms with Crippen molar-refractivity contribution < 1.29 is 9.53 Å². The highest BCUT2D eigenvalue weighted by molar-refractivity contribution is 5.73. The van der Waals surface area contributed by atoms with Crippen LogP contribution in [0.25, 0.3) is 0 Å². The van der Waals surface area contributed by atoms with Crippen molar-refractivity contribution in [2.24, 2.45) is 0 Å². The van der Waals surface area contributed by atoms with Crippen molar-refractivity contribution in [1.82, 2.24) is 0 Å². The summed E-state index contributed by atoms with van der Waals surface area (Å²) in [5.74, 6) is 0.194. The summed E-state index contributed by atoms with van der Waals surface area (Å²) in [6.07, 6.45) is 1.50. The van der Waals surface area contributed by atoms with Gasteiger partial charge in [-0.05, 0) is 12.0 Å². The second kappa shape index (κ2) is 3.82. The van der Waals surface area contributed by atoms with E-state index >= 15 is 0 Å². The van der Waals surface area contributed by atoms with Gasteiger partial charge in [0, 0.05) is 5.92 Å². The average Bonchev–Trinajstić information content (AvgIpc) is 2.61. The molecule has 0 saturated carbocycles. The van der Waals surface area contributed by atoms with Gasteiger partial charge in [0.2, 0.25) is 0 Å². The Morgan fingerprint density at radius 2 is 2.07 bits per heavy atom. The topological polar surface area (TPSA) is 26.3 Å². The second-order valence-electron chi connectivity index (χ2n) is 3.66. The predicted octanol–water partition coefficient (Wildman–Crippen LogP) is 2.50. The molecule has 1 aliphatic heterocycles. The minimum Gasteiger partial charge on any atom is -0.462 e. The fourth-order valence-corrected chi connectivity index (χ4v) is 2.01. The summed E-state index contributed by atoms with van der Waals surface area (Å²) in [6.45, 7) is 2.05. The number of esters is 1. The van der Waals surface area contributed by atoms with E-state index in [1.165, 1.54) is 5.56 Å². The van der Waals surface area contributed by atoms with E-state index in [1.54, 1.807) is 0 Å². The lowest BCUT2D eigenvalue weighted by Crippen LogP contribution is -2.12. The van der Waals surface area contributed by atoms with Crippen LogP contribution in [0, 0.1) is 0 Å². The molecule has 0 unspecified atom stereocenters. The Morgan fingerprint density at radius 3 is 2.71 bits per heavy atom. The summed E-state index contributed by atoms with van der Waals surface area (Å²) in [5, 5.41) is 0. The Kier molecular flexibility index (Phi) is 2.53. The molecule has 2 atom stereocenters. The molecule has 0 N–H and O–H groups in total. The monoisotopic (exact) mass is 190 g/mol. The van der Waals surface area contributed by atoms with Crippen LogP contribution < -0.4 is 0 Å². The third-order valence-electron chi connectivity index (χ3n) is 2.75. The van der Waals surface area contributed by atoms with Crippen molar-refractivity contribution in [2.45, 2.75) is 31.8 Å². The Balaban J connectivity index is 2.22. The zero-order valence-corrected chi connectivity index (χ0v) is 8.27. The van der Waals surface area contributed by atoms with E-state index in [1.807, 2.05) is 18.2 Å². The molecule has 0 spiro atoms. The number of hydrogen-bond acceptors (Lipinski definition) is 2. The summed E-state index contributed by atoms with van der Waals surface area (Å²) < 4.78 is 5.24. The highest BCUT2D eigenvalue weighted by atomic mass is 16.5. The third kappa shape index (κ3) is 1.65. The lowest BCUT2D eigenvalue weighted by molar-refractivity contribution is -0.141. The molecule has 1 saturated heterocycles. The molecule has 1 aromatic carbocycles. The van der Waals surface area contributed by atoms with E-state index in [0.29, 0.717) is 6.42 Å². The Hall–Kier alpha value is -1.31. The molecule has 2 heteroatoms. The SMILES string of the molecule is CC[C@H]1OC(=O)C[C@H]1c1ccccc1. The fraction of sp³-hybridized carbons (Fsp3) is 0.417. The van der Waals surface area contributed by atoms with Crippen molar-refractivity contribution in [1.29, 1.82) is 0 Å². The molecule has 74 valence electrons. The van der Waals surface area contributed by atoms with Crippen LogP contribution in [0.4, 0.5) is 0 Å². The molecule has 14 heavy (non-hydrogen) atoms. The minimum absolute atomic E-state index is 0.0642. The van der Waals surface area contributed by atoms with Gasteiger partial charge >= 0.3 is 5.97 Å². The van der Waals surface area contributed by atoms with Crippen molar-refractivity contribution in [2.75, 3.05) is 0 Å². The first-order valence-electron chi connectivity index (χ1n) is 5.05. The van der Waals surface area contributed by atoms with Crippen molar-refractivity contribution in [3.05, 3.63) is 35.9 Å². The van der Waals surface area contributed by atoms with E-state index in [9.17, 15) is 4.79 Å². The van der Waals surface area contributed by atoms with Crippen LogP contribution in [-0.2, 0) is 9.53 Å². The summed E-state index contributed by atoms with van der Waals surface area (Å²) in [6, 6.07) is 10.1. The third-order valence-corrected chi connectivity index (χ3v) is 2.75. The maximum Gasteiger partial charge on any atom is 0.306 e. The number of cyclic esters (lactones) is 1. The molecule has 0 aromatic heterocycles. The van der Waals surface area contributed by atoms with Gasteiger partial charge in [-0.2, -0.15) is 0 Å². The number of rotatable bonds is 2. The molecule has 2 nitrogen and oxygen atoms in total. The predicted molar refractivity (Wildman–Crippen MR) is 54.0 cm³/mol. The quantitative estimate of drug-likeness (QED) is 0.670. The molecule has 0 bridgehead atoms. The lowest BCUT2D eigenvalue weighted by Gasteiger charge is -2.15. The van der Waals surface area contributed by atoms with Gasteiger partial charge in [0.15, 0.2) is 0 Å². The van der Waals surface area contributed by atoms with Crippen molar-refractivity contribution in [3.63, 3.8) is 0 Å². The smallest absolute Gasteiger partial charge is 0.306 e. The summed E-state index contributed by atoms with van der Waals surface area (Å²) in [7, 11) is 0. The second-order valence-corrected chi connectivity index (χ2v) is 3.66. The number of carbonyl (C=O) groups is 1. The minimum atomic E-state index is -0.0642. The van der Waals surface area contributed by atoms with Crippen molar-refractivity contribution in [3.8, 4) is 0 Å². The van der Waals surface area contributed by atoms with Gasteiger partial charge in [0.25, 0.3) is 0 Å². The maximum absolute atomic E-state index is 11.2. The van der Waals surface area contributed by atoms with E-state index in [0.717, 1.165) is 6.42 Å². The van der Waals surface area contributed by atoms with Crippen LogP contribution in [0.15, 0.2) is 30.3 Å². The lowest BCUT2D eigenvalue weighted by atomic mass is 9.91. The Labute approximate surface area is 83.9 Å². The van der Waals surface area contributed by atoms with Gasteiger partial charge < -0.3 is 4.74 Å². The molecular formula is C12H14O2. The Bertz CT molecular complexity index is 318. The maximum atomic E-state index is 11.2. The molecule has 0 amide bonds. The molecule has 1 aromatic rings. The molecule has 0 aliphatic carbocycles. The molecule has 0 radical (unpaired) electrons. The fourth-order valence-electron chi connectivity index (χ4n) is 2.01. The average molecular weight is 190 g/mol. The highest BCUT2D eigenvalue weighted by Crippen LogP contribution is 2.33. The van der Waals surface area contributed by atoms with Gasteiger partial charge in [-0.1, -0.05) is 37.3 Å². The number of benzene rings is 1. The van der Waals surface area contributed by atoms with Gasteiger partial charge in [-0.15, -0.1) is 0 Å². The van der Waals surface area contributed by atoms with E-state index < -0.39 is 0 Å². The molecule has 1 heterocycles. The normalized spacial score (nSPS) is 26.2. The Morgan fingerprint density at radius 1 is 1.36 bits per heavy atom. The number of ether oxygens (including phenoxy) is 1. The number of carbonyl (C=O) groups excluding carboxylic acids is 1. The van der Waals surface area contributed by atoms with Crippen LogP contribution in [0.3, 0.4) is 0 Å². The first-order valence-corrected chi connectivity index (χ1v) is 5.05. The number of hydrogen-bond donors (Lipinski definition) is 0. The van der Waals surface area contributed by atoms with Crippen molar-refractivity contribution >= 4 is 5.97 Å². The molecule has 1 fully saturated rings.